The highest BCUT2D eigenvalue weighted by molar-refractivity contribution is 5.70. The molecule has 1 aromatic carbocycles. The molecule has 0 aromatic heterocycles. The number of carboxylic acid groups (broad SMARTS) is 1. The standard InChI is InChI=1S/C13H20N2O3/c1-2-18-10-9-15(8-7-13(16)17)12-6-4-3-5-11(12)14/h3-6H,2,7-10,14H2,1H3,(H,16,17). The minimum absolute atomic E-state index is 0.0838. The van der Waals surface area contributed by atoms with Crippen LogP contribution in [0.25, 0.3) is 0 Å². The molecule has 0 amide bonds. The molecule has 1 rings (SSSR count). The maximum atomic E-state index is 10.7. The Kier molecular flexibility index (Phi) is 6.00. The van der Waals surface area contributed by atoms with Gasteiger partial charge in [0.05, 0.1) is 24.4 Å². The van der Waals surface area contributed by atoms with Gasteiger partial charge >= 0.3 is 5.97 Å². The molecular weight excluding hydrogens is 232 g/mol. The van der Waals surface area contributed by atoms with Crippen LogP contribution in [0.2, 0.25) is 0 Å². The van der Waals surface area contributed by atoms with E-state index in [9.17, 15) is 4.79 Å². The number of carbonyl (C=O) groups is 1. The topological polar surface area (TPSA) is 75.8 Å². The fourth-order valence-electron chi connectivity index (χ4n) is 1.68. The first kappa shape index (κ1) is 14.3. The zero-order valence-corrected chi connectivity index (χ0v) is 10.6. The molecule has 3 N–H and O–H groups in total. The summed E-state index contributed by atoms with van der Waals surface area (Å²) in [5.41, 5.74) is 7.41. The zero-order chi connectivity index (χ0) is 13.4. The highest BCUT2D eigenvalue weighted by atomic mass is 16.5. The molecule has 0 aliphatic rings. The normalized spacial score (nSPS) is 10.3. The van der Waals surface area contributed by atoms with Gasteiger partial charge in [0.1, 0.15) is 0 Å². The van der Waals surface area contributed by atoms with Gasteiger partial charge in [0.25, 0.3) is 0 Å². The van der Waals surface area contributed by atoms with Crippen molar-refractivity contribution in [2.45, 2.75) is 13.3 Å². The van der Waals surface area contributed by atoms with Crippen molar-refractivity contribution < 1.29 is 14.6 Å². The van der Waals surface area contributed by atoms with Crippen molar-refractivity contribution >= 4 is 17.3 Å². The number of nitrogens with two attached hydrogens (primary N) is 1. The average molecular weight is 252 g/mol. The third kappa shape index (κ3) is 4.63. The molecule has 5 heteroatoms. The minimum Gasteiger partial charge on any atom is -0.481 e. The van der Waals surface area contributed by atoms with E-state index < -0.39 is 5.97 Å². The van der Waals surface area contributed by atoms with E-state index in [0.29, 0.717) is 32.0 Å². The molecule has 5 nitrogen and oxygen atoms in total. The maximum Gasteiger partial charge on any atom is 0.305 e. The third-order valence-corrected chi connectivity index (χ3v) is 2.58. The van der Waals surface area contributed by atoms with Crippen molar-refractivity contribution in [3.8, 4) is 0 Å². The highest BCUT2D eigenvalue weighted by Crippen LogP contribution is 2.22. The second-order valence-electron chi connectivity index (χ2n) is 3.89. The van der Waals surface area contributed by atoms with E-state index in [1.54, 1.807) is 0 Å². The van der Waals surface area contributed by atoms with Gasteiger partial charge in [-0.1, -0.05) is 12.1 Å². The predicted molar refractivity (Wildman–Crippen MR) is 71.8 cm³/mol. The Morgan fingerprint density at radius 3 is 2.72 bits per heavy atom. The van der Waals surface area contributed by atoms with Crippen LogP contribution >= 0.6 is 0 Å². The lowest BCUT2D eigenvalue weighted by Crippen LogP contribution is -2.30. The lowest BCUT2D eigenvalue weighted by atomic mass is 10.2. The molecule has 0 aliphatic heterocycles. The van der Waals surface area contributed by atoms with Crippen LogP contribution in [0.1, 0.15) is 13.3 Å². The van der Waals surface area contributed by atoms with Crippen LogP contribution in [0.5, 0.6) is 0 Å². The Morgan fingerprint density at radius 1 is 1.39 bits per heavy atom. The molecule has 18 heavy (non-hydrogen) atoms. The monoisotopic (exact) mass is 252 g/mol. The lowest BCUT2D eigenvalue weighted by Gasteiger charge is -2.25. The number of hydrogen-bond donors (Lipinski definition) is 2. The SMILES string of the molecule is CCOCCN(CCC(=O)O)c1ccccc1N. The average Bonchev–Trinajstić information content (AvgIpc) is 2.34. The van der Waals surface area contributed by atoms with E-state index in [-0.39, 0.29) is 6.42 Å². The Balaban J connectivity index is 2.69. The van der Waals surface area contributed by atoms with Crippen LogP contribution in [0.3, 0.4) is 0 Å². The molecule has 0 saturated heterocycles. The number of carboxylic acids is 1. The molecule has 0 bridgehead atoms. The molecule has 1 aromatic rings. The van der Waals surface area contributed by atoms with E-state index >= 15 is 0 Å². The van der Waals surface area contributed by atoms with Gasteiger partial charge in [0.2, 0.25) is 0 Å². The molecule has 0 spiro atoms. The molecule has 0 saturated carbocycles. The Hall–Kier alpha value is -1.75. The van der Waals surface area contributed by atoms with Gasteiger partial charge in [-0.2, -0.15) is 0 Å². The van der Waals surface area contributed by atoms with Crippen LogP contribution < -0.4 is 10.6 Å². The second kappa shape index (κ2) is 7.55. The molecule has 0 heterocycles. The van der Waals surface area contributed by atoms with E-state index in [0.717, 1.165) is 5.69 Å². The first-order valence-electron chi connectivity index (χ1n) is 6.04. The van der Waals surface area contributed by atoms with Crippen LogP contribution in [-0.4, -0.2) is 37.4 Å². The zero-order valence-electron chi connectivity index (χ0n) is 10.6. The summed E-state index contributed by atoms with van der Waals surface area (Å²) < 4.78 is 5.30. The number of nitrogen functional groups attached to an aromatic ring is 1. The molecule has 0 fully saturated rings. The summed E-state index contributed by atoms with van der Waals surface area (Å²) in [4.78, 5) is 12.6. The number of hydrogen-bond acceptors (Lipinski definition) is 4. The third-order valence-electron chi connectivity index (χ3n) is 2.58. The van der Waals surface area contributed by atoms with Crippen LogP contribution in [0, 0.1) is 0 Å². The fraction of sp³-hybridized carbons (Fsp3) is 0.462. The van der Waals surface area contributed by atoms with Gasteiger partial charge in [-0.25, -0.2) is 0 Å². The van der Waals surface area contributed by atoms with E-state index in [1.165, 1.54) is 0 Å². The van der Waals surface area contributed by atoms with Gasteiger partial charge in [-0.3, -0.25) is 4.79 Å². The smallest absolute Gasteiger partial charge is 0.305 e. The molecule has 0 aliphatic carbocycles. The summed E-state index contributed by atoms with van der Waals surface area (Å²) in [6.45, 7) is 4.20. The summed E-state index contributed by atoms with van der Waals surface area (Å²) in [5.74, 6) is -0.814. The molecule has 0 unspecified atom stereocenters. The first-order valence-corrected chi connectivity index (χ1v) is 6.04. The number of para-hydroxylation sites is 2. The first-order chi connectivity index (χ1) is 8.65. The van der Waals surface area contributed by atoms with Crippen LogP contribution in [0.4, 0.5) is 11.4 Å². The molecule has 100 valence electrons. The van der Waals surface area contributed by atoms with Gasteiger partial charge in [0, 0.05) is 19.7 Å². The number of benzene rings is 1. The van der Waals surface area contributed by atoms with Crippen molar-refractivity contribution in [3.05, 3.63) is 24.3 Å². The summed E-state index contributed by atoms with van der Waals surface area (Å²) in [6.07, 6.45) is 0.0838. The second-order valence-corrected chi connectivity index (χ2v) is 3.89. The fourth-order valence-corrected chi connectivity index (χ4v) is 1.68. The number of aliphatic carboxylic acids is 1. The Bertz CT molecular complexity index is 382. The van der Waals surface area contributed by atoms with Crippen molar-refractivity contribution in [2.24, 2.45) is 0 Å². The lowest BCUT2D eigenvalue weighted by molar-refractivity contribution is -0.136. The van der Waals surface area contributed by atoms with Crippen molar-refractivity contribution in [1.82, 2.24) is 0 Å². The van der Waals surface area contributed by atoms with Gasteiger partial charge in [-0.05, 0) is 19.1 Å². The van der Waals surface area contributed by atoms with Gasteiger partial charge < -0.3 is 20.5 Å². The van der Waals surface area contributed by atoms with E-state index in [2.05, 4.69) is 0 Å². The predicted octanol–water partition coefficient (Wildman–Crippen LogP) is 1.59. The summed E-state index contributed by atoms with van der Waals surface area (Å²) in [6, 6.07) is 7.45. The Labute approximate surface area is 107 Å². The summed E-state index contributed by atoms with van der Waals surface area (Å²) >= 11 is 0. The summed E-state index contributed by atoms with van der Waals surface area (Å²) in [7, 11) is 0. The van der Waals surface area contributed by atoms with Crippen molar-refractivity contribution in [1.29, 1.82) is 0 Å². The van der Waals surface area contributed by atoms with E-state index in [1.807, 2.05) is 36.1 Å². The van der Waals surface area contributed by atoms with Crippen molar-refractivity contribution in [3.63, 3.8) is 0 Å². The minimum atomic E-state index is -0.814. The van der Waals surface area contributed by atoms with Crippen molar-refractivity contribution in [2.75, 3.05) is 36.9 Å². The quantitative estimate of drug-likeness (QED) is 0.542. The maximum absolute atomic E-state index is 10.7. The Morgan fingerprint density at radius 2 is 2.11 bits per heavy atom. The molecular formula is C13H20N2O3. The van der Waals surface area contributed by atoms with Crippen LogP contribution in [0.15, 0.2) is 24.3 Å². The molecule has 0 atom stereocenters. The molecule has 0 radical (unpaired) electrons. The van der Waals surface area contributed by atoms with Gasteiger partial charge in [0.15, 0.2) is 0 Å². The number of nitrogens with zero attached hydrogens (tertiary/aromatic N) is 1. The summed E-state index contributed by atoms with van der Waals surface area (Å²) in [5, 5.41) is 8.76. The highest BCUT2D eigenvalue weighted by Gasteiger charge is 2.10. The number of anilines is 2. The largest absolute Gasteiger partial charge is 0.481 e. The van der Waals surface area contributed by atoms with Gasteiger partial charge in [-0.15, -0.1) is 0 Å². The number of rotatable bonds is 8. The van der Waals surface area contributed by atoms with E-state index in [4.69, 9.17) is 15.6 Å². The van der Waals surface area contributed by atoms with Crippen LogP contribution in [-0.2, 0) is 9.53 Å². The number of ether oxygens (including phenoxy) is 1.